The van der Waals surface area contributed by atoms with Gasteiger partial charge >= 0.3 is 0 Å². The number of ether oxygens (including phenoxy) is 2. The van der Waals surface area contributed by atoms with Crippen LogP contribution >= 0.6 is 24.0 Å². The zero-order valence-corrected chi connectivity index (χ0v) is 16.8. The molecule has 2 N–H and O–H groups in total. The van der Waals surface area contributed by atoms with Crippen molar-refractivity contribution in [1.29, 1.82) is 0 Å². The number of benzene rings is 1. The lowest BCUT2D eigenvalue weighted by molar-refractivity contribution is 0.153. The number of aliphatic imine (C=N–C) groups is 1. The lowest BCUT2D eigenvalue weighted by Gasteiger charge is -2.16. The van der Waals surface area contributed by atoms with Crippen molar-refractivity contribution in [3.8, 4) is 5.75 Å². The molecule has 2 rings (SSSR count). The van der Waals surface area contributed by atoms with Crippen LogP contribution in [0.2, 0.25) is 0 Å². The minimum atomic E-state index is 0. The van der Waals surface area contributed by atoms with Gasteiger partial charge in [0.25, 0.3) is 0 Å². The number of nitrogens with one attached hydrogen (secondary N) is 2. The molecule has 0 aliphatic carbocycles. The topological polar surface area (TPSA) is 54.9 Å². The number of methoxy groups -OCH3 is 1. The molecule has 6 heteroatoms. The first kappa shape index (κ1) is 20.8. The number of rotatable bonds is 7. The van der Waals surface area contributed by atoms with E-state index < -0.39 is 0 Å². The van der Waals surface area contributed by atoms with Gasteiger partial charge in [-0.1, -0.05) is 29.8 Å². The summed E-state index contributed by atoms with van der Waals surface area (Å²) in [7, 11) is 3.50. The van der Waals surface area contributed by atoms with Crippen molar-refractivity contribution in [1.82, 2.24) is 10.6 Å². The van der Waals surface area contributed by atoms with Crippen molar-refractivity contribution < 1.29 is 9.47 Å². The zero-order valence-electron chi connectivity index (χ0n) is 14.5. The summed E-state index contributed by atoms with van der Waals surface area (Å²) in [5.41, 5.74) is 2.67. The Labute approximate surface area is 161 Å². The second-order valence-electron chi connectivity index (χ2n) is 5.42. The fourth-order valence-corrected chi connectivity index (χ4v) is 2.58. The van der Waals surface area contributed by atoms with Crippen molar-refractivity contribution in [2.45, 2.75) is 19.3 Å². The third-order valence-corrected chi connectivity index (χ3v) is 3.90. The fraction of sp³-hybridized carbons (Fsp3) is 0.500. The summed E-state index contributed by atoms with van der Waals surface area (Å²) in [5.74, 6) is 1.77. The number of halogens is 1. The molecule has 0 atom stereocenters. The summed E-state index contributed by atoms with van der Waals surface area (Å²) in [6.45, 7) is 3.30. The van der Waals surface area contributed by atoms with E-state index in [2.05, 4.69) is 27.8 Å². The lowest BCUT2D eigenvalue weighted by atomic mass is 10.1. The van der Waals surface area contributed by atoms with E-state index in [1.165, 1.54) is 11.1 Å². The van der Waals surface area contributed by atoms with E-state index in [0.717, 1.165) is 57.3 Å². The third kappa shape index (κ3) is 7.09. The average molecular weight is 445 g/mol. The average Bonchev–Trinajstić information content (AvgIpc) is 2.61. The molecule has 0 saturated heterocycles. The molecule has 1 aliphatic rings. The maximum absolute atomic E-state index is 5.37. The number of hydrogen-bond acceptors (Lipinski definition) is 3. The molecule has 1 heterocycles. The van der Waals surface area contributed by atoms with E-state index in [1.807, 2.05) is 18.2 Å². The molecular formula is C18H28IN3O2. The summed E-state index contributed by atoms with van der Waals surface area (Å²) in [4.78, 5) is 4.26. The van der Waals surface area contributed by atoms with Crippen LogP contribution in [0.15, 0.2) is 40.9 Å². The van der Waals surface area contributed by atoms with Gasteiger partial charge in [0, 0.05) is 20.1 Å². The van der Waals surface area contributed by atoms with Gasteiger partial charge in [-0.2, -0.15) is 0 Å². The standard InChI is InChI=1S/C18H27N3O2.HI/c1-19-18(20-11-7-15-9-13-23-14-10-15)21-12-8-16-5-3-4-6-17(16)22-2;/h3-6,9H,7-8,10-14H2,1-2H3,(H2,19,20,21);1H. The molecule has 1 aromatic rings. The van der Waals surface area contributed by atoms with Crippen LogP contribution in [0.25, 0.3) is 0 Å². The predicted molar refractivity (Wildman–Crippen MR) is 110 cm³/mol. The number of hydrogen-bond donors (Lipinski definition) is 2. The second-order valence-corrected chi connectivity index (χ2v) is 5.42. The highest BCUT2D eigenvalue weighted by atomic mass is 127. The van der Waals surface area contributed by atoms with Gasteiger partial charge in [-0.15, -0.1) is 24.0 Å². The van der Waals surface area contributed by atoms with E-state index in [9.17, 15) is 0 Å². The number of para-hydroxylation sites is 1. The summed E-state index contributed by atoms with van der Waals surface area (Å²) in [6.07, 6.45) is 5.16. The fourth-order valence-electron chi connectivity index (χ4n) is 2.58. The van der Waals surface area contributed by atoms with Gasteiger partial charge in [-0.3, -0.25) is 4.99 Å². The van der Waals surface area contributed by atoms with E-state index in [1.54, 1.807) is 14.2 Å². The molecule has 0 amide bonds. The molecule has 0 unspecified atom stereocenters. The molecule has 134 valence electrons. The summed E-state index contributed by atoms with van der Waals surface area (Å²) < 4.78 is 10.7. The van der Waals surface area contributed by atoms with Crippen molar-refractivity contribution in [2.24, 2.45) is 4.99 Å². The van der Waals surface area contributed by atoms with E-state index in [-0.39, 0.29) is 24.0 Å². The van der Waals surface area contributed by atoms with Crippen LogP contribution in [0.3, 0.4) is 0 Å². The highest BCUT2D eigenvalue weighted by molar-refractivity contribution is 14.0. The van der Waals surface area contributed by atoms with Crippen LogP contribution in [0.4, 0.5) is 0 Å². The third-order valence-electron chi connectivity index (χ3n) is 3.90. The molecular weight excluding hydrogens is 417 g/mol. The summed E-state index contributed by atoms with van der Waals surface area (Å²) in [5, 5.41) is 6.70. The molecule has 0 spiro atoms. The van der Waals surface area contributed by atoms with Crippen LogP contribution in [-0.4, -0.2) is 46.4 Å². The monoisotopic (exact) mass is 445 g/mol. The van der Waals surface area contributed by atoms with Crippen molar-refractivity contribution in [3.05, 3.63) is 41.5 Å². The predicted octanol–water partition coefficient (Wildman–Crippen LogP) is 2.76. The Kier molecular flexibility index (Phi) is 10.5. The van der Waals surface area contributed by atoms with E-state index in [0.29, 0.717) is 0 Å². The molecule has 24 heavy (non-hydrogen) atoms. The second kappa shape index (κ2) is 12.1. The smallest absolute Gasteiger partial charge is 0.190 e. The van der Waals surface area contributed by atoms with Crippen molar-refractivity contribution in [3.63, 3.8) is 0 Å². The maximum atomic E-state index is 5.37. The first-order valence-corrected chi connectivity index (χ1v) is 8.15. The molecule has 0 aromatic heterocycles. The van der Waals surface area contributed by atoms with Crippen molar-refractivity contribution >= 4 is 29.9 Å². The van der Waals surface area contributed by atoms with Gasteiger partial charge in [0.2, 0.25) is 0 Å². The first-order chi connectivity index (χ1) is 11.3. The molecule has 5 nitrogen and oxygen atoms in total. The highest BCUT2D eigenvalue weighted by Gasteiger charge is 2.05. The highest BCUT2D eigenvalue weighted by Crippen LogP contribution is 2.17. The first-order valence-electron chi connectivity index (χ1n) is 8.15. The molecule has 0 radical (unpaired) electrons. The Bertz CT molecular complexity index is 547. The Morgan fingerprint density at radius 1 is 1.21 bits per heavy atom. The minimum Gasteiger partial charge on any atom is -0.496 e. The van der Waals surface area contributed by atoms with Gasteiger partial charge in [0.1, 0.15) is 5.75 Å². The van der Waals surface area contributed by atoms with Crippen LogP contribution in [0.5, 0.6) is 5.75 Å². The SMILES string of the molecule is CN=C(NCCC1=CCOCC1)NCCc1ccccc1OC.I. The van der Waals surface area contributed by atoms with Crippen molar-refractivity contribution in [2.75, 3.05) is 40.5 Å². The number of nitrogens with zero attached hydrogens (tertiary/aromatic N) is 1. The van der Waals surface area contributed by atoms with Gasteiger partial charge in [0.15, 0.2) is 5.96 Å². The van der Waals surface area contributed by atoms with Gasteiger partial charge in [0.05, 0.1) is 20.3 Å². The molecule has 0 bridgehead atoms. The van der Waals surface area contributed by atoms with Crippen LogP contribution in [0.1, 0.15) is 18.4 Å². The molecule has 1 aliphatic heterocycles. The zero-order chi connectivity index (χ0) is 16.3. The van der Waals surface area contributed by atoms with E-state index >= 15 is 0 Å². The Morgan fingerprint density at radius 3 is 2.62 bits per heavy atom. The lowest BCUT2D eigenvalue weighted by Crippen LogP contribution is -2.38. The van der Waals surface area contributed by atoms with Gasteiger partial charge < -0.3 is 20.1 Å². The number of guanidine groups is 1. The van der Waals surface area contributed by atoms with E-state index in [4.69, 9.17) is 9.47 Å². The normalized spacial score (nSPS) is 14.4. The Morgan fingerprint density at radius 2 is 1.96 bits per heavy atom. The molecule has 0 fully saturated rings. The summed E-state index contributed by atoms with van der Waals surface area (Å²) >= 11 is 0. The van der Waals surface area contributed by atoms with Gasteiger partial charge in [-0.05, 0) is 30.9 Å². The van der Waals surface area contributed by atoms with Crippen LogP contribution in [0, 0.1) is 0 Å². The molecule has 1 aromatic carbocycles. The molecule has 0 saturated carbocycles. The summed E-state index contributed by atoms with van der Waals surface area (Å²) in [6, 6.07) is 8.10. The maximum Gasteiger partial charge on any atom is 0.190 e. The van der Waals surface area contributed by atoms with Crippen LogP contribution < -0.4 is 15.4 Å². The largest absolute Gasteiger partial charge is 0.496 e. The Hall–Kier alpha value is -1.28. The quantitative estimate of drug-likeness (QED) is 0.294. The Balaban J connectivity index is 0.00000288. The van der Waals surface area contributed by atoms with Crippen LogP contribution in [-0.2, 0) is 11.2 Å². The minimum absolute atomic E-state index is 0. The van der Waals surface area contributed by atoms with Gasteiger partial charge in [-0.25, -0.2) is 0 Å².